The van der Waals surface area contributed by atoms with Gasteiger partial charge in [-0.25, -0.2) is 12.8 Å². The molecule has 5 nitrogen and oxygen atoms in total. The highest BCUT2D eigenvalue weighted by atomic mass is 35.5. The van der Waals surface area contributed by atoms with Crippen LogP contribution in [0.2, 0.25) is 5.02 Å². The summed E-state index contributed by atoms with van der Waals surface area (Å²) in [5.74, 6) is -1.18. The molecule has 2 aromatic carbocycles. The minimum Gasteiger partial charge on any atom is -0.274 e. The fourth-order valence-electron chi connectivity index (χ4n) is 2.99. The van der Waals surface area contributed by atoms with Crippen molar-refractivity contribution in [3.05, 3.63) is 64.6 Å². The Morgan fingerprint density at radius 3 is 2.59 bits per heavy atom. The number of amides is 1. The van der Waals surface area contributed by atoms with Gasteiger partial charge in [0.25, 0.3) is 0 Å². The number of carbonyl (C=O) groups excluding carboxylic acids is 1. The Hall–Kier alpha value is -2.51. The highest BCUT2D eigenvalue weighted by molar-refractivity contribution is 7.89. The van der Waals surface area contributed by atoms with Crippen LogP contribution in [-0.4, -0.2) is 25.6 Å². The molecular formula is C19H16ClFN2O3S. The first-order valence-electron chi connectivity index (χ1n) is 8.00. The molecule has 0 aliphatic heterocycles. The van der Waals surface area contributed by atoms with E-state index in [9.17, 15) is 17.6 Å². The third-order valence-electron chi connectivity index (χ3n) is 4.03. The molecule has 27 heavy (non-hydrogen) atoms. The number of nitrogens with zero attached hydrogens (tertiary/aromatic N) is 1. The largest absolute Gasteiger partial charge is 0.274 e. The third kappa shape index (κ3) is 4.26. The van der Waals surface area contributed by atoms with Crippen LogP contribution in [0.25, 0.3) is 22.0 Å². The van der Waals surface area contributed by atoms with Gasteiger partial charge in [0.15, 0.2) is 0 Å². The summed E-state index contributed by atoms with van der Waals surface area (Å²) >= 11 is 6.12. The van der Waals surface area contributed by atoms with Crippen LogP contribution in [0.15, 0.2) is 42.5 Å². The summed E-state index contributed by atoms with van der Waals surface area (Å²) in [4.78, 5) is 16.7. The minimum absolute atomic E-state index is 0.266. The number of rotatable bonds is 4. The highest BCUT2D eigenvalue weighted by Gasteiger charge is 2.20. The lowest BCUT2D eigenvalue weighted by Crippen LogP contribution is -2.31. The molecular weight excluding hydrogens is 391 g/mol. The van der Waals surface area contributed by atoms with Crippen LogP contribution in [0.4, 0.5) is 4.39 Å². The number of pyridine rings is 1. The Morgan fingerprint density at radius 2 is 1.93 bits per heavy atom. The average Bonchev–Trinajstić information content (AvgIpc) is 2.55. The SMILES string of the molecule is Cc1nc2ccc(Cl)cc2c(-c2ccccc2F)c1CC(=O)NS(C)(=O)=O. The number of aromatic nitrogens is 1. The highest BCUT2D eigenvalue weighted by Crippen LogP contribution is 2.36. The van der Waals surface area contributed by atoms with Crippen LogP contribution in [0.5, 0.6) is 0 Å². The number of benzene rings is 2. The molecule has 140 valence electrons. The van der Waals surface area contributed by atoms with E-state index in [1.165, 1.54) is 6.07 Å². The van der Waals surface area contributed by atoms with Crippen molar-refractivity contribution >= 4 is 38.4 Å². The summed E-state index contributed by atoms with van der Waals surface area (Å²) in [6.07, 6.45) is 0.631. The second-order valence-electron chi connectivity index (χ2n) is 6.17. The van der Waals surface area contributed by atoms with E-state index in [1.807, 2.05) is 4.72 Å². The van der Waals surface area contributed by atoms with Gasteiger partial charge in [0.1, 0.15) is 5.82 Å². The molecule has 1 aromatic heterocycles. The molecule has 1 heterocycles. The minimum atomic E-state index is -3.71. The maximum Gasteiger partial charge on any atom is 0.237 e. The van der Waals surface area contributed by atoms with Crippen molar-refractivity contribution in [3.63, 3.8) is 0 Å². The predicted octanol–water partition coefficient (Wildman–Crippen LogP) is 3.62. The number of hydrogen-bond donors (Lipinski definition) is 1. The molecule has 0 fully saturated rings. The lowest BCUT2D eigenvalue weighted by atomic mass is 9.92. The fourth-order valence-corrected chi connectivity index (χ4v) is 3.65. The van der Waals surface area contributed by atoms with Crippen LogP contribution in [0, 0.1) is 12.7 Å². The quantitative estimate of drug-likeness (QED) is 0.718. The molecule has 1 N–H and O–H groups in total. The summed E-state index contributed by atoms with van der Waals surface area (Å²) in [5, 5.41) is 1.03. The Kier molecular flexibility index (Phi) is 5.17. The molecule has 0 aliphatic carbocycles. The van der Waals surface area contributed by atoms with E-state index in [0.29, 0.717) is 32.7 Å². The van der Waals surface area contributed by atoms with Crippen molar-refractivity contribution in [2.75, 3.05) is 6.26 Å². The number of hydrogen-bond acceptors (Lipinski definition) is 4. The summed E-state index contributed by atoms with van der Waals surface area (Å²) in [5.41, 5.74) is 2.31. The summed E-state index contributed by atoms with van der Waals surface area (Å²) in [6, 6.07) is 11.2. The molecule has 0 saturated heterocycles. The average molecular weight is 407 g/mol. The Balaban J connectivity index is 2.29. The summed E-state index contributed by atoms with van der Waals surface area (Å²) < 4.78 is 39.2. The zero-order valence-corrected chi connectivity index (χ0v) is 16.2. The van der Waals surface area contributed by atoms with E-state index in [4.69, 9.17) is 11.6 Å². The molecule has 1 amide bonds. The van der Waals surface area contributed by atoms with E-state index in [-0.39, 0.29) is 12.0 Å². The van der Waals surface area contributed by atoms with Gasteiger partial charge >= 0.3 is 0 Å². The van der Waals surface area contributed by atoms with E-state index >= 15 is 0 Å². The zero-order valence-electron chi connectivity index (χ0n) is 14.6. The molecule has 3 aromatic rings. The molecule has 0 atom stereocenters. The van der Waals surface area contributed by atoms with Gasteiger partial charge < -0.3 is 0 Å². The third-order valence-corrected chi connectivity index (χ3v) is 4.87. The van der Waals surface area contributed by atoms with Crippen molar-refractivity contribution in [2.24, 2.45) is 0 Å². The number of carbonyl (C=O) groups is 1. The fraction of sp³-hybridized carbons (Fsp3) is 0.158. The van der Waals surface area contributed by atoms with Crippen molar-refractivity contribution in [1.82, 2.24) is 9.71 Å². The molecule has 0 unspecified atom stereocenters. The second kappa shape index (κ2) is 7.25. The van der Waals surface area contributed by atoms with Gasteiger partial charge in [-0.3, -0.25) is 14.5 Å². The van der Waals surface area contributed by atoms with Crippen LogP contribution < -0.4 is 4.72 Å². The van der Waals surface area contributed by atoms with Crippen LogP contribution in [-0.2, 0) is 21.2 Å². The molecule has 0 spiro atoms. The van der Waals surface area contributed by atoms with Gasteiger partial charge in [-0.1, -0.05) is 29.8 Å². The Morgan fingerprint density at radius 1 is 1.22 bits per heavy atom. The van der Waals surface area contributed by atoms with Crippen molar-refractivity contribution in [2.45, 2.75) is 13.3 Å². The smallest absolute Gasteiger partial charge is 0.237 e. The lowest BCUT2D eigenvalue weighted by Gasteiger charge is -2.16. The van der Waals surface area contributed by atoms with E-state index in [0.717, 1.165) is 6.26 Å². The predicted molar refractivity (Wildman–Crippen MR) is 104 cm³/mol. The first-order chi connectivity index (χ1) is 12.7. The van der Waals surface area contributed by atoms with Gasteiger partial charge in [0.05, 0.1) is 18.2 Å². The zero-order chi connectivity index (χ0) is 19.8. The first-order valence-corrected chi connectivity index (χ1v) is 10.3. The second-order valence-corrected chi connectivity index (χ2v) is 8.35. The number of halogens is 2. The van der Waals surface area contributed by atoms with Gasteiger partial charge in [0.2, 0.25) is 15.9 Å². The van der Waals surface area contributed by atoms with Crippen LogP contribution in [0.1, 0.15) is 11.3 Å². The van der Waals surface area contributed by atoms with E-state index in [1.54, 1.807) is 43.3 Å². The maximum atomic E-state index is 14.6. The molecule has 0 aliphatic rings. The number of fused-ring (bicyclic) bond motifs is 1. The molecule has 0 radical (unpaired) electrons. The summed E-state index contributed by atoms with van der Waals surface area (Å²) in [6.45, 7) is 1.70. The van der Waals surface area contributed by atoms with E-state index < -0.39 is 21.7 Å². The molecule has 3 rings (SSSR count). The maximum absolute atomic E-state index is 14.6. The Bertz CT molecular complexity index is 1160. The number of sulfonamides is 1. The van der Waals surface area contributed by atoms with Crippen molar-refractivity contribution < 1.29 is 17.6 Å². The normalized spacial score (nSPS) is 11.6. The van der Waals surface area contributed by atoms with Crippen LogP contribution in [0.3, 0.4) is 0 Å². The van der Waals surface area contributed by atoms with E-state index in [2.05, 4.69) is 4.98 Å². The van der Waals surface area contributed by atoms with Gasteiger partial charge in [-0.05, 0) is 42.3 Å². The first kappa shape index (κ1) is 19.3. The monoisotopic (exact) mass is 406 g/mol. The van der Waals surface area contributed by atoms with Gasteiger partial charge in [-0.2, -0.15) is 0 Å². The van der Waals surface area contributed by atoms with Gasteiger partial charge in [0, 0.05) is 21.7 Å². The lowest BCUT2D eigenvalue weighted by molar-refractivity contribution is -0.118. The number of nitrogens with one attached hydrogen (secondary N) is 1. The standard InChI is InChI=1S/C19H16ClFN2O3S/c1-11-14(10-18(24)23-27(2,25)26)19(13-5-3-4-6-16(13)21)15-9-12(20)7-8-17(15)22-11/h3-9H,10H2,1-2H3,(H,23,24). The summed E-state index contributed by atoms with van der Waals surface area (Å²) in [7, 11) is -3.71. The van der Waals surface area contributed by atoms with Gasteiger partial charge in [-0.15, -0.1) is 0 Å². The molecule has 0 saturated carbocycles. The number of aryl methyl sites for hydroxylation is 1. The topological polar surface area (TPSA) is 76.1 Å². The van der Waals surface area contributed by atoms with Crippen molar-refractivity contribution in [3.8, 4) is 11.1 Å². The molecule has 8 heteroatoms. The Labute approximate surface area is 161 Å². The molecule has 0 bridgehead atoms. The van der Waals surface area contributed by atoms with Crippen molar-refractivity contribution in [1.29, 1.82) is 0 Å². The van der Waals surface area contributed by atoms with Crippen LogP contribution >= 0.6 is 11.6 Å².